The number of hydrogen-bond donors (Lipinski definition) is 4. The molecule has 5 atom stereocenters. The molecule has 0 heterocycles. The van der Waals surface area contributed by atoms with E-state index >= 15 is 0 Å². The standard InChI is InChI=1S/C10H20O5/c1-5(4-11)8(12)6(2)9(13)7(3)10(14)15/h5-9,11-13H,4H2,1-3H3,(H,14,15)/t5-,6+,7+,8-,9-/m0/s1. The Balaban J connectivity index is 4.42. The summed E-state index contributed by atoms with van der Waals surface area (Å²) in [6.07, 6.45) is -2.03. The zero-order chi connectivity index (χ0) is 12.2. The van der Waals surface area contributed by atoms with E-state index in [1.807, 2.05) is 0 Å². The van der Waals surface area contributed by atoms with Crippen LogP contribution in [0.4, 0.5) is 0 Å². The van der Waals surface area contributed by atoms with Crippen molar-refractivity contribution in [2.75, 3.05) is 6.61 Å². The lowest BCUT2D eigenvalue weighted by atomic mass is 9.84. The molecule has 0 unspecified atom stereocenters. The number of rotatable bonds is 6. The van der Waals surface area contributed by atoms with E-state index in [1.54, 1.807) is 13.8 Å². The fourth-order valence-corrected chi connectivity index (χ4v) is 1.43. The molecule has 0 fully saturated rings. The summed E-state index contributed by atoms with van der Waals surface area (Å²) >= 11 is 0. The third kappa shape index (κ3) is 3.77. The van der Waals surface area contributed by atoms with Crippen molar-refractivity contribution in [3.8, 4) is 0 Å². The van der Waals surface area contributed by atoms with Gasteiger partial charge in [0.05, 0.1) is 18.1 Å². The molecule has 0 saturated carbocycles. The fourth-order valence-electron chi connectivity index (χ4n) is 1.43. The Morgan fingerprint density at radius 1 is 1.13 bits per heavy atom. The van der Waals surface area contributed by atoms with Crippen molar-refractivity contribution < 1.29 is 25.2 Å². The van der Waals surface area contributed by atoms with Gasteiger partial charge in [-0.25, -0.2) is 0 Å². The zero-order valence-corrected chi connectivity index (χ0v) is 9.29. The Labute approximate surface area is 89.4 Å². The summed E-state index contributed by atoms with van der Waals surface area (Å²) in [6, 6.07) is 0. The van der Waals surface area contributed by atoms with E-state index in [9.17, 15) is 15.0 Å². The minimum Gasteiger partial charge on any atom is -0.481 e. The molecule has 0 rings (SSSR count). The smallest absolute Gasteiger partial charge is 0.308 e. The van der Waals surface area contributed by atoms with Crippen molar-refractivity contribution in [2.24, 2.45) is 17.8 Å². The SMILES string of the molecule is C[C@H]([C@@H](O)[C@@H](C)CO)[C@H](O)[C@@H](C)C(=O)O. The first-order valence-electron chi connectivity index (χ1n) is 5.02. The van der Waals surface area contributed by atoms with Crippen LogP contribution in [0.15, 0.2) is 0 Å². The molecule has 0 aromatic heterocycles. The van der Waals surface area contributed by atoms with Gasteiger partial charge < -0.3 is 20.4 Å². The predicted octanol–water partition coefficient (Wildman–Crippen LogP) is -0.307. The number of carbonyl (C=O) groups is 1. The number of carboxylic acids is 1. The molecular formula is C10H20O5. The number of aliphatic hydroxyl groups is 3. The van der Waals surface area contributed by atoms with E-state index in [4.69, 9.17) is 10.2 Å². The lowest BCUT2D eigenvalue weighted by Crippen LogP contribution is -2.40. The van der Waals surface area contributed by atoms with Gasteiger partial charge in [0.2, 0.25) is 0 Å². The van der Waals surface area contributed by atoms with Crippen LogP contribution in [-0.4, -0.2) is 45.2 Å². The van der Waals surface area contributed by atoms with Crippen molar-refractivity contribution in [2.45, 2.75) is 33.0 Å². The first-order valence-corrected chi connectivity index (χ1v) is 5.02. The van der Waals surface area contributed by atoms with Crippen molar-refractivity contribution in [1.82, 2.24) is 0 Å². The zero-order valence-electron chi connectivity index (χ0n) is 9.29. The van der Waals surface area contributed by atoms with Crippen LogP contribution in [0.2, 0.25) is 0 Å². The van der Waals surface area contributed by atoms with Crippen molar-refractivity contribution in [3.05, 3.63) is 0 Å². The van der Waals surface area contributed by atoms with Gasteiger partial charge in [0.1, 0.15) is 0 Å². The molecule has 4 N–H and O–H groups in total. The summed E-state index contributed by atoms with van der Waals surface area (Å²) in [5.41, 5.74) is 0. The van der Waals surface area contributed by atoms with E-state index < -0.39 is 30.0 Å². The van der Waals surface area contributed by atoms with E-state index in [0.29, 0.717) is 0 Å². The topological polar surface area (TPSA) is 98.0 Å². The third-order valence-electron chi connectivity index (χ3n) is 2.85. The van der Waals surface area contributed by atoms with Gasteiger partial charge >= 0.3 is 5.97 Å². The molecule has 0 saturated heterocycles. The van der Waals surface area contributed by atoms with Crippen LogP contribution in [0.1, 0.15) is 20.8 Å². The number of aliphatic hydroxyl groups excluding tert-OH is 3. The molecule has 5 heteroatoms. The van der Waals surface area contributed by atoms with Gasteiger partial charge in [-0.3, -0.25) is 4.79 Å². The molecule has 90 valence electrons. The largest absolute Gasteiger partial charge is 0.481 e. The first-order chi connectivity index (χ1) is 6.82. The predicted molar refractivity (Wildman–Crippen MR) is 54.2 cm³/mol. The van der Waals surface area contributed by atoms with E-state index in [1.165, 1.54) is 6.92 Å². The maximum Gasteiger partial charge on any atom is 0.308 e. The molecule has 0 aliphatic rings. The van der Waals surface area contributed by atoms with Crippen LogP contribution in [0.25, 0.3) is 0 Å². The van der Waals surface area contributed by atoms with Crippen molar-refractivity contribution in [3.63, 3.8) is 0 Å². The molecule has 0 amide bonds. The normalized spacial score (nSPS) is 21.5. The average Bonchev–Trinajstić information content (AvgIpc) is 2.23. The minimum absolute atomic E-state index is 0.195. The highest BCUT2D eigenvalue weighted by molar-refractivity contribution is 5.70. The second kappa shape index (κ2) is 6.05. The van der Waals surface area contributed by atoms with Crippen LogP contribution in [0.5, 0.6) is 0 Å². The molecule has 0 radical (unpaired) electrons. The molecule has 0 spiro atoms. The van der Waals surface area contributed by atoms with Crippen LogP contribution in [-0.2, 0) is 4.79 Å². The maximum atomic E-state index is 10.6. The number of aliphatic carboxylic acids is 1. The lowest BCUT2D eigenvalue weighted by molar-refractivity contribution is -0.147. The summed E-state index contributed by atoms with van der Waals surface area (Å²) in [6.45, 7) is 4.40. The van der Waals surface area contributed by atoms with E-state index in [-0.39, 0.29) is 12.5 Å². The molecule has 0 aliphatic heterocycles. The van der Waals surface area contributed by atoms with Crippen molar-refractivity contribution >= 4 is 5.97 Å². The van der Waals surface area contributed by atoms with Gasteiger partial charge in [-0.15, -0.1) is 0 Å². The minimum atomic E-state index is -1.12. The monoisotopic (exact) mass is 220 g/mol. The highest BCUT2D eigenvalue weighted by Gasteiger charge is 2.32. The summed E-state index contributed by atoms with van der Waals surface area (Å²) in [7, 11) is 0. The van der Waals surface area contributed by atoms with Gasteiger partial charge in [-0.2, -0.15) is 0 Å². The van der Waals surface area contributed by atoms with Gasteiger partial charge in [0.25, 0.3) is 0 Å². The Bertz CT molecular complexity index is 206. The molecule has 0 aromatic rings. The Morgan fingerprint density at radius 2 is 1.60 bits per heavy atom. The Kier molecular flexibility index (Phi) is 5.79. The number of carboxylic acid groups (broad SMARTS) is 1. The van der Waals surface area contributed by atoms with Crippen LogP contribution in [0, 0.1) is 17.8 Å². The first kappa shape index (κ1) is 14.3. The molecular weight excluding hydrogens is 200 g/mol. The third-order valence-corrected chi connectivity index (χ3v) is 2.85. The van der Waals surface area contributed by atoms with E-state index in [2.05, 4.69) is 0 Å². The summed E-state index contributed by atoms with van der Waals surface area (Å²) < 4.78 is 0. The van der Waals surface area contributed by atoms with Gasteiger partial charge in [0, 0.05) is 18.4 Å². The Morgan fingerprint density at radius 3 is 1.93 bits per heavy atom. The fraction of sp³-hybridized carbons (Fsp3) is 0.900. The van der Waals surface area contributed by atoms with Gasteiger partial charge in [-0.1, -0.05) is 13.8 Å². The Hall–Kier alpha value is -0.650. The van der Waals surface area contributed by atoms with E-state index in [0.717, 1.165) is 0 Å². The highest BCUT2D eigenvalue weighted by Crippen LogP contribution is 2.21. The van der Waals surface area contributed by atoms with Crippen LogP contribution >= 0.6 is 0 Å². The molecule has 0 aromatic carbocycles. The van der Waals surface area contributed by atoms with Crippen LogP contribution in [0.3, 0.4) is 0 Å². The average molecular weight is 220 g/mol. The van der Waals surface area contributed by atoms with Crippen LogP contribution < -0.4 is 0 Å². The maximum absolute atomic E-state index is 10.6. The quantitative estimate of drug-likeness (QED) is 0.492. The second-order valence-corrected chi connectivity index (χ2v) is 4.13. The highest BCUT2D eigenvalue weighted by atomic mass is 16.4. The summed E-state index contributed by atoms with van der Waals surface area (Å²) in [4.78, 5) is 10.6. The molecule has 0 aliphatic carbocycles. The summed E-state index contributed by atoms with van der Waals surface area (Å²) in [5, 5.41) is 36.8. The second-order valence-electron chi connectivity index (χ2n) is 4.13. The van der Waals surface area contributed by atoms with Gasteiger partial charge in [0.15, 0.2) is 0 Å². The molecule has 15 heavy (non-hydrogen) atoms. The van der Waals surface area contributed by atoms with Crippen molar-refractivity contribution in [1.29, 1.82) is 0 Å². The molecule has 5 nitrogen and oxygen atoms in total. The van der Waals surface area contributed by atoms with Gasteiger partial charge in [-0.05, 0) is 6.92 Å². The lowest BCUT2D eigenvalue weighted by Gasteiger charge is -2.29. The summed E-state index contributed by atoms with van der Waals surface area (Å²) in [5.74, 6) is -2.99. The molecule has 0 bridgehead atoms. The number of hydrogen-bond acceptors (Lipinski definition) is 4.